The van der Waals surface area contributed by atoms with Crippen molar-refractivity contribution in [1.82, 2.24) is 0 Å². The summed E-state index contributed by atoms with van der Waals surface area (Å²) in [4.78, 5) is 38.2. The first-order valence-electron chi connectivity index (χ1n) is 31.4. The van der Waals surface area contributed by atoms with Gasteiger partial charge in [0.05, 0.1) is 0 Å². The number of carbonyl (C=O) groups excluding carboxylic acids is 3. The molecule has 0 spiro atoms. The zero-order chi connectivity index (χ0) is 54.3. The van der Waals surface area contributed by atoms with E-state index in [1.165, 1.54) is 122 Å². The normalized spacial score (nSPS) is 12.8. The van der Waals surface area contributed by atoms with Crippen LogP contribution in [0.1, 0.15) is 290 Å². The van der Waals surface area contributed by atoms with Gasteiger partial charge in [0.1, 0.15) is 13.2 Å². The van der Waals surface area contributed by atoms with Crippen molar-refractivity contribution in [2.45, 2.75) is 297 Å². The van der Waals surface area contributed by atoms with Crippen LogP contribution in [0.25, 0.3) is 0 Å². The van der Waals surface area contributed by atoms with E-state index in [4.69, 9.17) is 14.2 Å². The van der Waals surface area contributed by atoms with E-state index in [2.05, 4.69) is 130 Å². The second kappa shape index (κ2) is 62.6. The SMILES string of the molecule is CC/C=C\C/C=C\C/C=C\C/C=C\C/C=C\CCCCCCCCCCCCCCCC(=O)OCC(COC(=O)CCCCCCCCCCCCC)OC(=O)CCCCCC/C=C\C/C=C\C/C=C\C/C=C\CC. The molecule has 0 aromatic carbocycles. The Kier molecular flexibility index (Phi) is 59.3. The first-order chi connectivity index (χ1) is 37.0. The molecule has 428 valence electrons. The standard InChI is InChI=1S/C69H116O6/c1-4-7-10-13-16-19-22-24-26-28-29-30-31-32-33-34-35-36-37-38-39-41-42-44-47-50-53-56-59-62-68(71)74-65-66(64-73-67(70)61-58-55-52-49-46-21-18-15-12-9-6-3)75-69(72)63-60-57-54-51-48-45-43-40-27-25-23-20-17-14-11-8-5-2/h7-8,10-11,16-17,19-20,24-27,29-30,32-33,43,45,66H,4-6,9,12-15,18,21-23,28,31,34-42,44,46-65H2,1-3H3/b10-7-,11-8-,19-16-,20-17-,26-24-,27-25-,30-29-,33-32-,45-43-. The van der Waals surface area contributed by atoms with Crippen LogP contribution in [0.15, 0.2) is 109 Å². The van der Waals surface area contributed by atoms with E-state index in [9.17, 15) is 14.4 Å². The number of allylic oxidation sites excluding steroid dienone is 18. The molecule has 0 aromatic heterocycles. The van der Waals surface area contributed by atoms with Gasteiger partial charge >= 0.3 is 17.9 Å². The highest BCUT2D eigenvalue weighted by molar-refractivity contribution is 5.71. The van der Waals surface area contributed by atoms with Crippen LogP contribution in [0.2, 0.25) is 0 Å². The second-order valence-corrected chi connectivity index (χ2v) is 20.6. The van der Waals surface area contributed by atoms with E-state index in [1.54, 1.807) is 0 Å². The van der Waals surface area contributed by atoms with E-state index < -0.39 is 6.10 Å². The predicted molar refractivity (Wildman–Crippen MR) is 325 cm³/mol. The zero-order valence-corrected chi connectivity index (χ0v) is 49.0. The summed E-state index contributed by atoms with van der Waals surface area (Å²) in [5.41, 5.74) is 0. The number of hydrogen-bond acceptors (Lipinski definition) is 6. The van der Waals surface area contributed by atoms with Crippen molar-refractivity contribution in [1.29, 1.82) is 0 Å². The van der Waals surface area contributed by atoms with E-state index >= 15 is 0 Å². The fourth-order valence-electron chi connectivity index (χ4n) is 8.64. The third-order valence-electron chi connectivity index (χ3n) is 13.3. The third kappa shape index (κ3) is 60.8. The van der Waals surface area contributed by atoms with Crippen LogP contribution in [-0.2, 0) is 28.6 Å². The van der Waals surface area contributed by atoms with Gasteiger partial charge in [0, 0.05) is 19.3 Å². The Hall–Kier alpha value is -3.93. The van der Waals surface area contributed by atoms with Crippen molar-refractivity contribution < 1.29 is 28.6 Å². The molecule has 0 aliphatic carbocycles. The van der Waals surface area contributed by atoms with Crippen LogP contribution in [0.5, 0.6) is 0 Å². The molecule has 6 heteroatoms. The number of hydrogen-bond donors (Lipinski definition) is 0. The van der Waals surface area contributed by atoms with E-state index in [0.29, 0.717) is 19.3 Å². The summed E-state index contributed by atoms with van der Waals surface area (Å²) in [6.07, 6.45) is 85.3. The minimum absolute atomic E-state index is 0.0861. The Labute approximate surface area is 463 Å². The van der Waals surface area contributed by atoms with Crippen molar-refractivity contribution in [3.63, 3.8) is 0 Å². The molecule has 1 unspecified atom stereocenters. The summed E-state index contributed by atoms with van der Waals surface area (Å²) in [6.45, 7) is 6.40. The summed E-state index contributed by atoms with van der Waals surface area (Å²) < 4.78 is 16.9. The highest BCUT2D eigenvalue weighted by Crippen LogP contribution is 2.16. The van der Waals surface area contributed by atoms with E-state index in [1.807, 2.05) is 0 Å². The molecule has 0 N–H and O–H groups in total. The molecule has 0 saturated carbocycles. The maximum Gasteiger partial charge on any atom is 0.306 e. The van der Waals surface area contributed by atoms with Crippen molar-refractivity contribution in [2.24, 2.45) is 0 Å². The number of rotatable bonds is 56. The Balaban J connectivity index is 4.25. The first kappa shape index (κ1) is 71.1. The molecule has 0 saturated heterocycles. The monoisotopic (exact) mass is 1040 g/mol. The van der Waals surface area contributed by atoms with Gasteiger partial charge in [-0.2, -0.15) is 0 Å². The lowest BCUT2D eigenvalue weighted by Gasteiger charge is -2.18. The number of esters is 3. The lowest BCUT2D eigenvalue weighted by molar-refractivity contribution is -0.167. The van der Waals surface area contributed by atoms with Crippen molar-refractivity contribution in [2.75, 3.05) is 13.2 Å². The minimum Gasteiger partial charge on any atom is -0.462 e. The van der Waals surface area contributed by atoms with Gasteiger partial charge in [-0.3, -0.25) is 14.4 Å². The third-order valence-corrected chi connectivity index (χ3v) is 13.3. The van der Waals surface area contributed by atoms with Crippen LogP contribution in [-0.4, -0.2) is 37.2 Å². The van der Waals surface area contributed by atoms with Crippen molar-refractivity contribution in [3.05, 3.63) is 109 Å². The van der Waals surface area contributed by atoms with Gasteiger partial charge in [-0.1, -0.05) is 278 Å². The molecule has 0 aromatic rings. The first-order valence-corrected chi connectivity index (χ1v) is 31.4. The molecule has 75 heavy (non-hydrogen) atoms. The average Bonchev–Trinajstić information content (AvgIpc) is 3.41. The molecular weight excluding hydrogens is 925 g/mol. The van der Waals surface area contributed by atoms with Crippen molar-refractivity contribution in [3.8, 4) is 0 Å². The maximum atomic E-state index is 12.9. The molecule has 0 aliphatic rings. The topological polar surface area (TPSA) is 78.9 Å². The molecule has 0 heterocycles. The van der Waals surface area contributed by atoms with Crippen LogP contribution < -0.4 is 0 Å². The summed E-state index contributed by atoms with van der Waals surface area (Å²) in [5, 5.41) is 0. The highest BCUT2D eigenvalue weighted by atomic mass is 16.6. The van der Waals surface area contributed by atoms with Crippen molar-refractivity contribution >= 4 is 17.9 Å². The molecule has 0 amide bonds. The summed E-state index contributed by atoms with van der Waals surface area (Å²) in [7, 11) is 0. The van der Waals surface area contributed by atoms with Gasteiger partial charge in [-0.25, -0.2) is 0 Å². The van der Waals surface area contributed by atoms with Gasteiger partial charge < -0.3 is 14.2 Å². The Morgan fingerprint density at radius 1 is 0.280 bits per heavy atom. The Bertz CT molecular complexity index is 1520. The lowest BCUT2D eigenvalue weighted by Crippen LogP contribution is -2.30. The maximum absolute atomic E-state index is 12.9. The molecule has 0 bridgehead atoms. The van der Waals surface area contributed by atoms with E-state index in [0.717, 1.165) is 128 Å². The zero-order valence-electron chi connectivity index (χ0n) is 49.0. The largest absolute Gasteiger partial charge is 0.462 e. The van der Waals surface area contributed by atoms with Crippen LogP contribution >= 0.6 is 0 Å². The lowest BCUT2D eigenvalue weighted by atomic mass is 10.0. The Morgan fingerprint density at radius 3 is 0.813 bits per heavy atom. The van der Waals surface area contributed by atoms with Gasteiger partial charge in [0.2, 0.25) is 0 Å². The summed E-state index contributed by atoms with van der Waals surface area (Å²) >= 11 is 0. The number of unbranched alkanes of at least 4 members (excludes halogenated alkanes) is 27. The highest BCUT2D eigenvalue weighted by Gasteiger charge is 2.19. The molecule has 0 rings (SSSR count). The predicted octanol–water partition coefficient (Wildman–Crippen LogP) is 21.4. The average molecular weight is 1040 g/mol. The summed E-state index contributed by atoms with van der Waals surface area (Å²) in [6, 6.07) is 0. The minimum atomic E-state index is -0.791. The van der Waals surface area contributed by atoms with Gasteiger partial charge in [-0.15, -0.1) is 0 Å². The van der Waals surface area contributed by atoms with Gasteiger partial charge in [0.25, 0.3) is 0 Å². The molecular formula is C69H116O6. The van der Waals surface area contributed by atoms with E-state index in [-0.39, 0.29) is 31.1 Å². The fraction of sp³-hybridized carbons (Fsp3) is 0.696. The smallest absolute Gasteiger partial charge is 0.306 e. The second-order valence-electron chi connectivity index (χ2n) is 20.6. The number of ether oxygens (including phenoxy) is 3. The van der Waals surface area contributed by atoms with Crippen LogP contribution in [0, 0.1) is 0 Å². The molecule has 0 radical (unpaired) electrons. The number of carbonyl (C=O) groups is 3. The quantitative estimate of drug-likeness (QED) is 0.0261. The van der Waals surface area contributed by atoms with Gasteiger partial charge in [-0.05, 0) is 103 Å². The Morgan fingerprint density at radius 2 is 0.520 bits per heavy atom. The molecule has 6 nitrogen and oxygen atoms in total. The molecule has 0 aliphatic heterocycles. The van der Waals surface area contributed by atoms with Crippen LogP contribution in [0.4, 0.5) is 0 Å². The van der Waals surface area contributed by atoms with Crippen LogP contribution in [0.3, 0.4) is 0 Å². The fourth-order valence-corrected chi connectivity index (χ4v) is 8.64. The molecule has 0 fully saturated rings. The summed E-state index contributed by atoms with van der Waals surface area (Å²) in [5.74, 6) is -0.906. The molecule has 1 atom stereocenters. The van der Waals surface area contributed by atoms with Gasteiger partial charge in [0.15, 0.2) is 6.10 Å².